The summed E-state index contributed by atoms with van der Waals surface area (Å²) in [4.78, 5) is 32.8. The maximum absolute atomic E-state index is 13.8. The predicted octanol–water partition coefficient (Wildman–Crippen LogP) is 4.60. The van der Waals surface area contributed by atoms with Gasteiger partial charge in [0.05, 0.1) is 13.1 Å². The number of likely N-dealkylation sites (tertiary alicyclic amines) is 1. The Kier molecular flexibility index (Phi) is 6.73. The average Bonchev–Trinajstić information content (AvgIpc) is 3.47. The molecule has 6 nitrogen and oxygen atoms in total. The Bertz CT molecular complexity index is 1190. The number of rotatable bonds is 7. The van der Waals surface area contributed by atoms with Crippen molar-refractivity contribution in [1.29, 1.82) is 0 Å². The van der Waals surface area contributed by atoms with Crippen LogP contribution in [0.2, 0.25) is 0 Å². The minimum Gasteiger partial charge on any atom is -0.354 e. The van der Waals surface area contributed by atoms with Crippen molar-refractivity contribution in [2.45, 2.75) is 52.2 Å². The largest absolute Gasteiger partial charge is 0.354 e. The molecule has 2 aliphatic heterocycles. The molecule has 0 radical (unpaired) electrons. The number of nitrogens with zero attached hydrogens (tertiary/aromatic N) is 3. The van der Waals surface area contributed by atoms with E-state index in [1.54, 1.807) is 16.2 Å². The minimum atomic E-state index is -0.968. The summed E-state index contributed by atoms with van der Waals surface area (Å²) in [6, 6.07) is 14.0. The fraction of sp³-hybridized carbons (Fsp3) is 0.500. The van der Waals surface area contributed by atoms with E-state index in [-0.39, 0.29) is 11.8 Å². The summed E-state index contributed by atoms with van der Waals surface area (Å²) in [7, 11) is 0. The van der Waals surface area contributed by atoms with Crippen molar-refractivity contribution in [3.05, 3.63) is 58.4 Å². The van der Waals surface area contributed by atoms with E-state index in [1.165, 1.54) is 6.42 Å². The molecule has 0 bridgehead atoms. The van der Waals surface area contributed by atoms with Gasteiger partial charge in [-0.3, -0.25) is 9.59 Å². The Morgan fingerprint density at radius 2 is 1.91 bits per heavy atom. The SMILES string of the molecule is C[C@@H]1C[C@H](C)CN(CCCNC(=O)[C@]2(C)Cn3c(cc4ccccc43)C(=O)N2Cc2cccs2)C1. The first kappa shape index (κ1) is 24.1. The van der Waals surface area contributed by atoms with Crippen LogP contribution in [0.15, 0.2) is 47.8 Å². The van der Waals surface area contributed by atoms with Gasteiger partial charge in [0.2, 0.25) is 5.91 Å². The van der Waals surface area contributed by atoms with Gasteiger partial charge in [0.25, 0.3) is 5.91 Å². The van der Waals surface area contributed by atoms with Gasteiger partial charge in [-0.2, -0.15) is 0 Å². The lowest BCUT2D eigenvalue weighted by Crippen LogP contribution is -2.63. The fourth-order valence-electron chi connectivity index (χ4n) is 5.98. The molecule has 0 unspecified atom stereocenters. The quantitative estimate of drug-likeness (QED) is 0.491. The Labute approximate surface area is 211 Å². The highest BCUT2D eigenvalue weighted by Gasteiger charge is 2.47. The number of aromatic nitrogens is 1. The molecule has 1 aromatic carbocycles. The van der Waals surface area contributed by atoms with E-state index in [2.05, 4.69) is 24.1 Å². The molecule has 186 valence electrons. The highest BCUT2D eigenvalue weighted by atomic mass is 32.1. The number of carbonyl (C=O) groups is 2. The van der Waals surface area contributed by atoms with Crippen LogP contribution in [0.1, 0.15) is 49.0 Å². The summed E-state index contributed by atoms with van der Waals surface area (Å²) >= 11 is 1.62. The van der Waals surface area contributed by atoms with Crippen LogP contribution in [0.4, 0.5) is 0 Å². The standard InChI is InChI=1S/C28H36N4O2S/c1-20-14-21(2)17-30(16-20)12-7-11-29-27(34)28(3)19-31-24-10-5-4-8-22(24)15-25(31)26(33)32(28)18-23-9-6-13-35-23/h4-6,8-10,13,15,20-21H,7,11-12,14,16-19H2,1-3H3,(H,29,34)/t20-,21+,28-/m0/s1. The van der Waals surface area contributed by atoms with Gasteiger partial charge in [0.15, 0.2) is 0 Å². The smallest absolute Gasteiger partial charge is 0.271 e. The average molecular weight is 493 g/mol. The first-order chi connectivity index (χ1) is 16.8. The predicted molar refractivity (Wildman–Crippen MR) is 142 cm³/mol. The summed E-state index contributed by atoms with van der Waals surface area (Å²) in [5, 5.41) is 6.23. The number of fused-ring (bicyclic) bond motifs is 3. The molecule has 35 heavy (non-hydrogen) atoms. The molecular weight excluding hydrogens is 456 g/mol. The van der Waals surface area contributed by atoms with Crippen molar-refractivity contribution in [3.8, 4) is 0 Å². The molecule has 3 aromatic rings. The molecule has 5 rings (SSSR count). The molecule has 1 N–H and O–H groups in total. The van der Waals surface area contributed by atoms with E-state index in [1.807, 2.05) is 59.3 Å². The van der Waals surface area contributed by atoms with Gasteiger partial charge in [-0.05, 0) is 61.7 Å². The van der Waals surface area contributed by atoms with Gasteiger partial charge in [0.1, 0.15) is 11.2 Å². The first-order valence-electron chi connectivity index (χ1n) is 12.8. The third-order valence-electron chi connectivity index (χ3n) is 7.60. The van der Waals surface area contributed by atoms with Crippen molar-refractivity contribution < 1.29 is 9.59 Å². The van der Waals surface area contributed by atoms with Crippen LogP contribution in [0.3, 0.4) is 0 Å². The zero-order valence-corrected chi connectivity index (χ0v) is 21.8. The van der Waals surface area contributed by atoms with Gasteiger partial charge < -0.3 is 19.7 Å². The fourth-order valence-corrected chi connectivity index (χ4v) is 6.67. The zero-order chi connectivity index (χ0) is 24.6. The number of hydrogen-bond donors (Lipinski definition) is 1. The zero-order valence-electron chi connectivity index (χ0n) is 21.0. The lowest BCUT2D eigenvalue weighted by Gasteiger charge is -2.44. The van der Waals surface area contributed by atoms with E-state index >= 15 is 0 Å². The third-order valence-corrected chi connectivity index (χ3v) is 8.46. The minimum absolute atomic E-state index is 0.0776. The highest BCUT2D eigenvalue weighted by molar-refractivity contribution is 7.09. The lowest BCUT2D eigenvalue weighted by atomic mass is 9.92. The van der Waals surface area contributed by atoms with Crippen LogP contribution < -0.4 is 5.32 Å². The molecule has 1 saturated heterocycles. The second-order valence-electron chi connectivity index (χ2n) is 10.7. The summed E-state index contributed by atoms with van der Waals surface area (Å²) in [5.74, 6) is 1.30. The number of nitrogens with one attached hydrogen (secondary N) is 1. The van der Waals surface area contributed by atoms with Crippen LogP contribution in [0.25, 0.3) is 10.9 Å². The molecular formula is C28H36N4O2S. The number of para-hydroxylation sites is 1. The number of piperidine rings is 1. The van der Waals surface area contributed by atoms with Crippen molar-refractivity contribution in [2.75, 3.05) is 26.2 Å². The van der Waals surface area contributed by atoms with E-state index in [9.17, 15) is 9.59 Å². The Morgan fingerprint density at radius 1 is 1.14 bits per heavy atom. The van der Waals surface area contributed by atoms with Crippen LogP contribution in [-0.2, 0) is 17.9 Å². The van der Waals surface area contributed by atoms with Crippen LogP contribution >= 0.6 is 11.3 Å². The number of hydrogen-bond acceptors (Lipinski definition) is 4. The second-order valence-corrected chi connectivity index (χ2v) is 11.8. The Morgan fingerprint density at radius 3 is 2.66 bits per heavy atom. The highest BCUT2D eigenvalue weighted by Crippen LogP contribution is 2.34. The number of benzene rings is 1. The summed E-state index contributed by atoms with van der Waals surface area (Å²) in [5.41, 5.74) is 0.685. The molecule has 4 heterocycles. The van der Waals surface area contributed by atoms with Crippen LogP contribution in [-0.4, -0.2) is 57.9 Å². The third kappa shape index (κ3) is 4.76. The van der Waals surface area contributed by atoms with Crippen LogP contribution in [0, 0.1) is 11.8 Å². The van der Waals surface area contributed by atoms with Crippen molar-refractivity contribution in [3.63, 3.8) is 0 Å². The van der Waals surface area contributed by atoms with Crippen molar-refractivity contribution in [1.82, 2.24) is 19.7 Å². The molecule has 7 heteroatoms. The van der Waals surface area contributed by atoms with Gasteiger partial charge >= 0.3 is 0 Å². The van der Waals surface area contributed by atoms with Crippen LogP contribution in [0.5, 0.6) is 0 Å². The normalized spacial score (nSPS) is 25.1. The number of carbonyl (C=O) groups excluding carboxylic acids is 2. The lowest BCUT2D eigenvalue weighted by molar-refractivity contribution is -0.133. The van der Waals surface area contributed by atoms with E-state index in [0.29, 0.717) is 25.3 Å². The van der Waals surface area contributed by atoms with Gasteiger partial charge in [-0.1, -0.05) is 38.1 Å². The number of amides is 2. The topological polar surface area (TPSA) is 57.6 Å². The van der Waals surface area contributed by atoms with E-state index < -0.39 is 5.54 Å². The molecule has 3 atom stereocenters. The molecule has 0 aliphatic carbocycles. The van der Waals surface area contributed by atoms with Gasteiger partial charge in [-0.15, -0.1) is 11.3 Å². The second kappa shape index (κ2) is 9.78. The van der Waals surface area contributed by atoms with E-state index in [4.69, 9.17) is 0 Å². The summed E-state index contributed by atoms with van der Waals surface area (Å²) in [6.45, 7) is 11.3. The molecule has 0 spiro atoms. The van der Waals surface area contributed by atoms with Gasteiger partial charge in [-0.25, -0.2) is 0 Å². The first-order valence-corrected chi connectivity index (χ1v) is 13.7. The van der Waals surface area contributed by atoms with Crippen molar-refractivity contribution in [2.24, 2.45) is 11.8 Å². The Balaban J connectivity index is 1.33. The summed E-state index contributed by atoms with van der Waals surface area (Å²) in [6.07, 6.45) is 2.22. The maximum Gasteiger partial charge on any atom is 0.271 e. The van der Waals surface area contributed by atoms with Crippen molar-refractivity contribution >= 4 is 34.1 Å². The Hall–Kier alpha value is -2.64. The molecule has 2 aromatic heterocycles. The number of thiophene rings is 1. The molecule has 1 fully saturated rings. The molecule has 2 aliphatic rings. The molecule has 0 saturated carbocycles. The monoisotopic (exact) mass is 492 g/mol. The summed E-state index contributed by atoms with van der Waals surface area (Å²) < 4.78 is 2.03. The maximum atomic E-state index is 13.8. The van der Waals surface area contributed by atoms with Gasteiger partial charge in [0, 0.05) is 35.4 Å². The van der Waals surface area contributed by atoms with E-state index in [0.717, 1.165) is 53.7 Å². The molecule has 2 amide bonds.